The molecule has 9 heteroatoms. The molecule has 8 nitrogen and oxygen atoms in total. The van der Waals surface area contributed by atoms with Gasteiger partial charge in [-0.15, -0.1) is 0 Å². The van der Waals surface area contributed by atoms with Gasteiger partial charge >= 0.3 is 0 Å². The Morgan fingerprint density at radius 2 is 2.00 bits per heavy atom. The minimum atomic E-state index is -3.59. The minimum Gasteiger partial charge on any atom is -0.378 e. The van der Waals surface area contributed by atoms with Crippen LogP contribution in [0.3, 0.4) is 0 Å². The lowest BCUT2D eigenvalue weighted by atomic mass is 10.2. The molecule has 0 radical (unpaired) electrons. The fourth-order valence-corrected chi connectivity index (χ4v) is 4.09. The first kappa shape index (κ1) is 19.4. The SMILES string of the molecule is Cc1cccc(CS(=O)(=O)Nc2cnc(N3CCOCC3)nc2N(C)C)c1. The van der Waals surface area contributed by atoms with Crippen molar-refractivity contribution in [1.82, 2.24) is 9.97 Å². The Kier molecular flexibility index (Phi) is 5.81. The molecule has 0 unspecified atom stereocenters. The molecule has 3 rings (SSSR count). The van der Waals surface area contributed by atoms with E-state index in [-0.39, 0.29) is 5.75 Å². The number of nitrogens with zero attached hydrogens (tertiary/aromatic N) is 4. The zero-order chi connectivity index (χ0) is 19.4. The van der Waals surface area contributed by atoms with Gasteiger partial charge < -0.3 is 14.5 Å². The molecule has 1 aromatic carbocycles. The number of sulfonamides is 1. The first-order valence-corrected chi connectivity index (χ1v) is 10.4. The maximum absolute atomic E-state index is 12.6. The van der Waals surface area contributed by atoms with Crippen LogP contribution in [0, 0.1) is 6.92 Å². The molecule has 2 aromatic rings. The van der Waals surface area contributed by atoms with E-state index in [1.807, 2.05) is 44.1 Å². The molecule has 1 aromatic heterocycles. The molecule has 0 aliphatic carbocycles. The van der Waals surface area contributed by atoms with E-state index < -0.39 is 10.0 Å². The van der Waals surface area contributed by atoms with Crippen LogP contribution >= 0.6 is 0 Å². The third kappa shape index (κ3) is 5.08. The Morgan fingerprint density at radius 3 is 2.67 bits per heavy atom. The number of anilines is 3. The molecule has 1 aliphatic heterocycles. The summed E-state index contributed by atoms with van der Waals surface area (Å²) in [6.07, 6.45) is 1.53. The molecule has 0 atom stereocenters. The van der Waals surface area contributed by atoms with E-state index in [0.717, 1.165) is 11.1 Å². The summed E-state index contributed by atoms with van der Waals surface area (Å²) in [6.45, 7) is 4.62. The van der Waals surface area contributed by atoms with Gasteiger partial charge in [-0.3, -0.25) is 4.72 Å². The van der Waals surface area contributed by atoms with Gasteiger partial charge in [-0.1, -0.05) is 29.8 Å². The second kappa shape index (κ2) is 8.10. The standard InChI is InChI=1S/C18H25N5O3S/c1-14-5-4-6-15(11-14)13-27(24,25)21-16-12-19-18(20-17(16)22(2)3)23-7-9-26-10-8-23/h4-6,11-12,21H,7-10,13H2,1-3H3. The summed E-state index contributed by atoms with van der Waals surface area (Å²) < 4.78 is 33.2. The van der Waals surface area contributed by atoms with Gasteiger partial charge in [-0.05, 0) is 12.5 Å². The largest absolute Gasteiger partial charge is 0.378 e. The average Bonchev–Trinajstić information content (AvgIpc) is 2.62. The molecule has 146 valence electrons. The number of hydrogen-bond donors (Lipinski definition) is 1. The van der Waals surface area contributed by atoms with Gasteiger partial charge in [0.05, 0.1) is 25.2 Å². The molecule has 0 saturated carbocycles. The highest BCUT2D eigenvalue weighted by Gasteiger charge is 2.20. The topological polar surface area (TPSA) is 87.7 Å². The molecule has 1 N–H and O–H groups in total. The molecule has 0 bridgehead atoms. The van der Waals surface area contributed by atoms with Gasteiger partial charge in [-0.2, -0.15) is 4.98 Å². The van der Waals surface area contributed by atoms with E-state index in [1.54, 1.807) is 11.0 Å². The first-order valence-electron chi connectivity index (χ1n) is 8.77. The maximum Gasteiger partial charge on any atom is 0.237 e. The fourth-order valence-electron chi connectivity index (χ4n) is 2.92. The highest BCUT2D eigenvalue weighted by Crippen LogP contribution is 2.25. The smallest absolute Gasteiger partial charge is 0.237 e. The van der Waals surface area contributed by atoms with Gasteiger partial charge in [0, 0.05) is 27.2 Å². The lowest BCUT2D eigenvalue weighted by molar-refractivity contribution is 0.122. The van der Waals surface area contributed by atoms with Gasteiger partial charge in [-0.25, -0.2) is 13.4 Å². The molecular weight excluding hydrogens is 366 g/mol. The van der Waals surface area contributed by atoms with Crippen molar-refractivity contribution in [2.45, 2.75) is 12.7 Å². The Labute approximate surface area is 160 Å². The first-order chi connectivity index (χ1) is 12.8. The van der Waals surface area contributed by atoms with Crippen LogP contribution in [-0.4, -0.2) is 58.8 Å². The van der Waals surface area contributed by atoms with Crippen molar-refractivity contribution < 1.29 is 13.2 Å². The van der Waals surface area contributed by atoms with E-state index in [9.17, 15) is 8.42 Å². The minimum absolute atomic E-state index is 0.104. The van der Waals surface area contributed by atoms with Crippen molar-refractivity contribution in [2.75, 3.05) is 54.9 Å². The summed E-state index contributed by atoms with van der Waals surface area (Å²) >= 11 is 0. The van der Waals surface area contributed by atoms with Crippen molar-refractivity contribution in [3.63, 3.8) is 0 Å². The van der Waals surface area contributed by atoms with Gasteiger partial charge in [0.15, 0.2) is 5.82 Å². The Bertz CT molecular complexity index is 896. The summed E-state index contributed by atoms with van der Waals surface area (Å²) in [5.41, 5.74) is 2.12. The Hall–Kier alpha value is -2.39. The Morgan fingerprint density at radius 1 is 1.26 bits per heavy atom. The summed E-state index contributed by atoms with van der Waals surface area (Å²) in [5.74, 6) is 0.996. The van der Waals surface area contributed by atoms with E-state index in [4.69, 9.17) is 4.74 Å². The van der Waals surface area contributed by atoms with Crippen LogP contribution in [-0.2, 0) is 20.5 Å². The molecule has 2 heterocycles. The highest BCUT2D eigenvalue weighted by molar-refractivity contribution is 7.91. The van der Waals surface area contributed by atoms with E-state index in [2.05, 4.69) is 14.7 Å². The number of ether oxygens (including phenoxy) is 1. The molecule has 27 heavy (non-hydrogen) atoms. The van der Waals surface area contributed by atoms with Crippen molar-refractivity contribution >= 4 is 27.5 Å². The van der Waals surface area contributed by atoms with Crippen LogP contribution in [0.15, 0.2) is 30.5 Å². The third-order valence-electron chi connectivity index (χ3n) is 4.18. The van der Waals surface area contributed by atoms with Crippen molar-refractivity contribution in [3.05, 3.63) is 41.6 Å². The normalized spacial score (nSPS) is 14.9. The molecule has 0 spiro atoms. The number of rotatable bonds is 6. The highest BCUT2D eigenvalue weighted by atomic mass is 32.2. The van der Waals surface area contributed by atoms with Crippen molar-refractivity contribution in [3.8, 4) is 0 Å². The second-order valence-corrected chi connectivity index (χ2v) is 8.47. The van der Waals surface area contributed by atoms with E-state index in [0.29, 0.717) is 43.8 Å². The van der Waals surface area contributed by atoms with Crippen LogP contribution in [0.25, 0.3) is 0 Å². The number of hydrogen-bond acceptors (Lipinski definition) is 7. The number of morpholine rings is 1. The zero-order valence-corrected chi connectivity index (χ0v) is 16.7. The molecular formula is C18H25N5O3S. The number of aromatic nitrogens is 2. The second-order valence-electron chi connectivity index (χ2n) is 6.75. The maximum atomic E-state index is 12.6. The van der Waals surface area contributed by atoms with Crippen LogP contribution in [0.1, 0.15) is 11.1 Å². The zero-order valence-electron chi connectivity index (χ0n) is 15.8. The Balaban J connectivity index is 1.82. The predicted molar refractivity (Wildman–Crippen MR) is 107 cm³/mol. The number of benzene rings is 1. The van der Waals surface area contributed by atoms with Crippen molar-refractivity contribution in [1.29, 1.82) is 0 Å². The number of nitrogens with one attached hydrogen (secondary N) is 1. The third-order valence-corrected chi connectivity index (χ3v) is 5.42. The van der Waals surface area contributed by atoms with Crippen molar-refractivity contribution in [2.24, 2.45) is 0 Å². The van der Waals surface area contributed by atoms with E-state index >= 15 is 0 Å². The van der Waals surface area contributed by atoms with Gasteiger partial charge in [0.25, 0.3) is 0 Å². The quantitative estimate of drug-likeness (QED) is 0.801. The molecule has 1 saturated heterocycles. The lowest BCUT2D eigenvalue weighted by Gasteiger charge is -2.28. The van der Waals surface area contributed by atoms with E-state index in [1.165, 1.54) is 6.20 Å². The summed E-state index contributed by atoms with van der Waals surface area (Å²) in [7, 11) is 0.0579. The number of aryl methyl sites for hydroxylation is 1. The fraction of sp³-hybridized carbons (Fsp3) is 0.444. The molecule has 1 fully saturated rings. The summed E-state index contributed by atoms with van der Waals surface area (Å²) in [5, 5.41) is 0. The summed E-state index contributed by atoms with van der Waals surface area (Å²) in [6, 6.07) is 7.46. The molecule has 1 aliphatic rings. The van der Waals surface area contributed by atoms with Crippen LogP contribution in [0.5, 0.6) is 0 Å². The lowest BCUT2D eigenvalue weighted by Crippen LogP contribution is -2.37. The average molecular weight is 391 g/mol. The van der Waals surface area contributed by atoms with Gasteiger partial charge in [0.1, 0.15) is 5.69 Å². The molecule has 0 amide bonds. The predicted octanol–water partition coefficient (Wildman–Crippen LogP) is 1.63. The summed E-state index contributed by atoms with van der Waals surface area (Å²) in [4.78, 5) is 12.7. The van der Waals surface area contributed by atoms with Crippen LogP contribution < -0.4 is 14.5 Å². The van der Waals surface area contributed by atoms with Crippen LogP contribution in [0.2, 0.25) is 0 Å². The van der Waals surface area contributed by atoms with Crippen LogP contribution in [0.4, 0.5) is 17.5 Å². The monoisotopic (exact) mass is 391 g/mol. The van der Waals surface area contributed by atoms with Gasteiger partial charge in [0.2, 0.25) is 16.0 Å².